The number of rotatable bonds is 11. The van der Waals surface area contributed by atoms with Gasteiger partial charge in [0.15, 0.2) is 11.5 Å². The summed E-state index contributed by atoms with van der Waals surface area (Å²) >= 11 is 5.80. The third-order valence-corrected chi connectivity index (χ3v) is 6.96. The van der Waals surface area contributed by atoms with Crippen molar-refractivity contribution in [1.82, 2.24) is 34.7 Å². The smallest absolute Gasteiger partial charge is 0.345 e. The highest BCUT2D eigenvalue weighted by Crippen LogP contribution is 2.33. The van der Waals surface area contributed by atoms with Crippen LogP contribution in [0, 0.1) is 0 Å². The average Bonchev–Trinajstić information content (AvgIpc) is 3.22. The summed E-state index contributed by atoms with van der Waals surface area (Å²) in [5.74, 6) is -1.10. The van der Waals surface area contributed by atoms with Gasteiger partial charge in [0.1, 0.15) is 18.8 Å². The van der Waals surface area contributed by atoms with Crippen LogP contribution in [0.25, 0.3) is 5.69 Å². The van der Waals surface area contributed by atoms with E-state index in [9.17, 15) is 17.2 Å². The number of aromatic nitrogens is 7. The molecule has 0 fully saturated rings. The Morgan fingerprint density at radius 1 is 1.06 bits per heavy atom. The van der Waals surface area contributed by atoms with Crippen molar-refractivity contribution in [3.8, 4) is 17.4 Å². The van der Waals surface area contributed by atoms with E-state index >= 15 is 0 Å². The first-order valence-electron chi connectivity index (χ1n) is 9.85. The van der Waals surface area contributed by atoms with Gasteiger partial charge in [0.05, 0.1) is 24.5 Å². The topological polar surface area (TPSA) is 156 Å². The number of alkyl halides is 2. The fraction of sp³-hybridized carbons (Fsp3) is 0.444. The zero-order chi connectivity index (χ0) is 25.8. The first kappa shape index (κ1) is 26.4. The maximum absolute atomic E-state index is 13.2. The summed E-state index contributed by atoms with van der Waals surface area (Å²) in [5, 5.41) is 6.84. The van der Waals surface area contributed by atoms with Crippen LogP contribution < -0.4 is 14.2 Å². The van der Waals surface area contributed by atoms with Crippen LogP contribution in [0.2, 0.25) is 5.02 Å². The lowest BCUT2D eigenvalue weighted by atomic mass is 10.1. The average molecular weight is 535 g/mol. The molecule has 190 valence electrons. The Balaban J connectivity index is 2.04. The minimum atomic E-state index is -4.16. The number of halogens is 3. The maximum atomic E-state index is 13.2. The normalized spacial score (nSPS) is 13.5. The van der Waals surface area contributed by atoms with Gasteiger partial charge in [-0.3, -0.25) is 9.29 Å². The molecule has 3 heterocycles. The quantitative estimate of drug-likeness (QED) is 0.384. The van der Waals surface area contributed by atoms with Gasteiger partial charge in [-0.2, -0.15) is 18.7 Å². The van der Waals surface area contributed by atoms with Gasteiger partial charge in [0.25, 0.3) is 0 Å². The molecule has 0 unspecified atom stereocenters. The van der Waals surface area contributed by atoms with E-state index in [0.717, 1.165) is 10.9 Å². The van der Waals surface area contributed by atoms with E-state index < -0.39 is 34.4 Å². The van der Waals surface area contributed by atoms with Crippen LogP contribution in [0.4, 0.5) is 14.7 Å². The van der Waals surface area contributed by atoms with E-state index in [1.165, 1.54) is 33.5 Å². The molecule has 0 saturated heterocycles. The molecule has 0 radical (unpaired) electrons. The van der Waals surface area contributed by atoms with Gasteiger partial charge in [-0.05, 0) is 6.92 Å². The second kappa shape index (κ2) is 11.0. The lowest BCUT2D eigenvalue weighted by molar-refractivity contribution is -0.139. The molecule has 3 aromatic heterocycles. The van der Waals surface area contributed by atoms with Gasteiger partial charge < -0.3 is 14.2 Å². The molecule has 0 aromatic carbocycles. The minimum absolute atomic E-state index is 0.0326. The SMILES string of the molecule is COc1ncnc(OC)c1-n1c(COC(F)F)nnc1NS(=O)(=O)[C@@H](C)[C@H](C)c1ncc(Cl)cn1. The van der Waals surface area contributed by atoms with Gasteiger partial charge in [0, 0.05) is 18.3 Å². The van der Waals surface area contributed by atoms with Gasteiger partial charge in [-0.1, -0.05) is 18.5 Å². The first-order chi connectivity index (χ1) is 16.6. The molecule has 13 nitrogen and oxygen atoms in total. The number of hydrogen-bond donors (Lipinski definition) is 1. The molecule has 0 saturated carbocycles. The van der Waals surface area contributed by atoms with Crippen molar-refractivity contribution >= 4 is 27.6 Å². The van der Waals surface area contributed by atoms with Crippen LogP contribution in [0.15, 0.2) is 18.7 Å². The fourth-order valence-electron chi connectivity index (χ4n) is 2.94. The van der Waals surface area contributed by atoms with E-state index in [0.29, 0.717) is 5.02 Å². The van der Waals surface area contributed by atoms with E-state index in [1.54, 1.807) is 6.92 Å². The molecule has 17 heteroatoms. The monoisotopic (exact) mass is 534 g/mol. The molecule has 0 aliphatic heterocycles. The molecule has 0 amide bonds. The Morgan fingerprint density at radius 2 is 1.66 bits per heavy atom. The van der Waals surface area contributed by atoms with Crippen LogP contribution in [0.1, 0.15) is 31.4 Å². The van der Waals surface area contributed by atoms with Crippen molar-refractivity contribution in [1.29, 1.82) is 0 Å². The standard InChI is InChI=1S/C18H21ClF2N8O5S/c1-9(14-22-5-11(19)6-23-14)10(2)35(30,31)28-18-27-26-12(7-34-17(20)21)29(18)13-15(32-3)24-8-25-16(13)33-4/h5-6,8-10,17H,7H2,1-4H3,(H,27,28)/t9-,10-/m0/s1. The van der Waals surface area contributed by atoms with Crippen LogP contribution in [0.5, 0.6) is 11.8 Å². The Bertz CT molecular complexity index is 1240. The van der Waals surface area contributed by atoms with Crippen LogP contribution >= 0.6 is 11.6 Å². The summed E-state index contributed by atoms with van der Waals surface area (Å²) in [6.07, 6.45) is 3.85. The van der Waals surface area contributed by atoms with Gasteiger partial charge >= 0.3 is 6.61 Å². The summed E-state index contributed by atoms with van der Waals surface area (Å²) in [6.45, 7) is -0.773. The zero-order valence-electron chi connectivity index (χ0n) is 18.9. The maximum Gasteiger partial charge on any atom is 0.345 e. The molecular weight excluding hydrogens is 514 g/mol. The predicted molar refractivity (Wildman–Crippen MR) is 118 cm³/mol. The summed E-state index contributed by atoms with van der Waals surface area (Å²) in [4.78, 5) is 16.1. The van der Waals surface area contributed by atoms with E-state index in [2.05, 4.69) is 39.6 Å². The predicted octanol–water partition coefficient (Wildman–Crippen LogP) is 2.19. The minimum Gasteiger partial charge on any atom is -0.479 e. The number of ether oxygens (including phenoxy) is 3. The van der Waals surface area contributed by atoms with Crippen molar-refractivity contribution in [3.63, 3.8) is 0 Å². The van der Waals surface area contributed by atoms with Gasteiger partial charge in [-0.25, -0.2) is 18.4 Å². The number of nitrogens with one attached hydrogen (secondary N) is 1. The Kier molecular flexibility index (Phi) is 8.29. The molecule has 1 N–H and O–H groups in total. The Labute approximate surface area is 203 Å². The van der Waals surface area contributed by atoms with Gasteiger partial charge in [-0.15, -0.1) is 10.2 Å². The van der Waals surface area contributed by atoms with Crippen LogP contribution in [0.3, 0.4) is 0 Å². The third kappa shape index (κ3) is 5.88. The molecule has 0 aliphatic rings. The lowest BCUT2D eigenvalue weighted by Gasteiger charge is -2.20. The highest BCUT2D eigenvalue weighted by Gasteiger charge is 2.32. The Morgan fingerprint density at radius 3 is 2.20 bits per heavy atom. The molecule has 0 aliphatic carbocycles. The van der Waals surface area contributed by atoms with Crippen molar-refractivity contribution in [2.24, 2.45) is 0 Å². The van der Waals surface area contributed by atoms with Gasteiger partial charge in [0.2, 0.25) is 27.7 Å². The number of hydrogen-bond acceptors (Lipinski definition) is 11. The number of methoxy groups -OCH3 is 2. The molecular formula is C18H21ClF2N8O5S. The number of nitrogens with zero attached hydrogens (tertiary/aromatic N) is 7. The van der Waals surface area contributed by atoms with E-state index in [-0.39, 0.29) is 35.0 Å². The van der Waals surface area contributed by atoms with Crippen molar-refractivity contribution in [2.75, 3.05) is 18.9 Å². The molecule has 0 bridgehead atoms. The van der Waals surface area contributed by atoms with E-state index in [1.807, 2.05) is 0 Å². The summed E-state index contributed by atoms with van der Waals surface area (Å²) in [5.41, 5.74) is -0.0326. The van der Waals surface area contributed by atoms with Crippen molar-refractivity contribution < 1.29 is 31.4 Å². The fourth-order valence-corrected chi connectivity index (χ4v) is 4.27. The van der Waals surface area contributed by atoms with Crippen molar-refractivity contribution in [2.45, 2.75) is 38.2 Å². The zero-order valence-corrected chi connectivity index (χ0v) is 20.5. The summed E-state index contributed by atoms with van der Waals surface area (Å²) < 4.78 is 70.1. The number of anilines is 1. The summed E-state index contributed by atoms with van der Waals surface area (Å²) in [7, 11) is -1.56. The third-order valence-electron chi connectivity index (χ3n) is 4.91. The molecule has 2 atom stereocenters. The van der Waals surface area contributed by atoms with Crippen molar-refractivity contribution in [3.05, 3.63) is 35.4 Å². The highest BCUT2D eigenvalue weighted by atomic mass is 35.5. The van der Waals surface area contributed by atoms with E-state index in [4.69, 9.17) is 21.1 Å². The Hall–Kier alpha value is -3.24. The molecule has 3 aromatic rings. The largest absolute Gasteiger partial charge is 0.479 e. The molecule has 0 spiro atoms. The lowest BCUT2D eigenvalue weighted by Crippen LogP contribution is -2.31. The second-order valence-corrected chi connectivity index (χ2v) is 9.46. The summed E-state index contributed by atoms with van der Waals surface area (Å²) in [6, 6.07) is 0. The molecule has 35 heavy (non-hydrogen) atoms. The van der Waals surface area contributed by atoms with Crippen LogP contribution in [-0.2, 0) is 21.4 Å². The first-order valence-corrected chi connectivity index (χ1v) is 11.8. The highest BCUT2D eigenvalue weighted by molar-refractivity contribution is 7.93. The number of sulfonamides is 1. The molecule has 3 rings (SSSR count). The second-order valence-electron chi connectivity index (χ2n) is 6.99. The van der Waals surface area contributed by atoms with Crippen LogP contribution in [-0.4, -0.2) is 69.2 Å².